The number of oxazole rings is 1. The Morgan fingerprint density at radius 3 is 2.67 bits per heavy atom. The second-order valence-electron chi connectivity index (χ2n) is 6.39. The summed E-state index contributed by atoms with van der Waals surface area (Å²) in [5, 5.41) is 13.2. The van der Waals surface area contributed by atoms with Gasteiger partial charge < -0.3 is 14.8 Å². The topological polar surface area (TPSA) is 75.4 Å². The van der Waals surface area contributed by atoms with E-state index in [4.69, 9.17) is 4.42 Å². The fourth-order valence-corrected chi connectivity index (χ4v) is 2.99. The molecule has 1 aromatic carbocycles. The average molecular weight is 332 g/mol. The average Bonchev–Trinajstić information content (AvgIpc) is 3.03. The van der Waals surface area contributed by atoms with Gasteiger partial charge in [-0.2, -0.15) is 0 Å². The van der Waals surface area contributed by atoms with Crippen molar-refractivity contribution in [2.75, 3.05) is 6.54 Å². The van der Waals surface area contributed by atoms with E-state index >= 15 is 0 Å². The smallest absolute Gasteiger partial charge is 0.226 e. The van der Waals surface area contributed by atoms with E-state index < -0.39 is 5.60 Å². The van der Waals surface area contributed by atoms with Crippen LogP contribution in [0.3, 0.4) is 0 Å². The lowest BCUT2D eigenvalue weighted by Crippen LogP contribution is -2.44. The molecule has 1 aromatic heterocycles. The molecule has 24 heavy (non-hydrogen) atoms. The van der Waals surface area contributed by atoms with Gasteiger partial charge in [-0.3, -0.25) is 4.79 Å². The Labute approximate surface area is 139 Å². The molecule has 0 spiro atoms. The van der Waals surface area contributed by atoms with Gasteiger partial charge in [0.15, 0.2) is 0 Å². The number of carbonyl (C=O) groups excluding carboxylic acids is 1. The molecule has 1 aliphatic carbocycles. The molecule has 1 amide bonds. The maximum absolute atomic E-state index is 12.9. The number of hydrogen-bond donors (Lipinski definition) is 2. The Bertz CT molecular complexity index is 691. The van der Waals surface area contributed by atoms with Crippen molar-refractivity contribution in [1.29, 1.82) is 0 Å². The molecule has 128 valence electrons. The Morgan fingerprint density at radius 2 is 1.96 bits per heavy atom. The van der Waals surface area contributed by atoms with Crippen LogP contribution < -0.4 is 5.32 Å². The van der Waals surface area contributed by atoms with Crippen molar-refractivity contribution in [2.45, 2.75) is 44.1 Å². The molecule has 1 fully saturated rings. The third-order valence-electron chi connectivity index (χ3n) is 4.38. The second-order valence-corrected chi connectivity index (χ2v) is 6.39. The maximum atomic E-state index is 12.9. The van der Waals surface area contributed by atoms with E-state index in [2.05, 4.69) is 10.3 Å². The third-order valence-corrected chi connectivity index (χ3v) is 4.38. The molecule has 1 aliphatic rings. The number of hydrogen-bond acceptors (Lipinski definition) is 4. The number of carbonyl (C=O) groups is 1. The first-order valence-electron chi connectivity index (χ1n) is 8.24. The maximum Gasteiger partial charge on any atom is 0.226 e. The van der Waals surface area contributed by atoms with Crippen LogP contribution in [0.25, 0.3) is 11.5 Å². The van der Waals surface area contributed by atoms with Gasteiger partial charge in [0.1, 0.15) is 12.1 Å². The zero-order valence-corrected chi connectivity index (χ0v) is 13.4. The van der Waals surface area contributed by atoms with E-state index in [1.54, 1.807) is 12.1 Å². The van der Waals surface area contributed by atoms with E-state index in [1.807, 2.05) is 0 Å². The molecule has 0 aliphatic heterocycles. The molecule has 0 radical (unpaired) electrons. The summed E-state index contributed by atoms with van der Waals surface area (Å²) in [5.74, 6) is -0.179. The highest BCUT2D eigenvalue weighted by atomic mass is 19.1. The summed E-state index contributed by atoms with van der Waals surface area (Å²) >= 11 is 0. The van der Waals surface area contributed by atoms with Gasteiger partial charge in [-0.25, -0.2) is 9.37 Å². The summed E-state index contributed by atoms with van der Waals surface area (Å²) in [5.41, 5.74) is 0.374. The van der Waals surface area contributed by atoms with Gasteiger partial charge in [-0.1, -0.05) is 19.3 Å². The van der Waals surface area contributed by atoms with Crippen LogP contribution in [0.4, 0.5) is 4.39 Å². The number of halogens is 1. The van der Waals surface area contributed by atoms with Crippen molar-refractivity contribution >= 4 is 5.91 Å². The van der Waals surface area contributed by atoms with Crippen molar-refractivity contribution in [3.63, 3.8) is 0 Å². The van der Waals surface area contributed by atoms with Crippen molar-refractivity contribution in [1.82, 2.24) is 10.3 Å². The van der Waals surface area contributed by atoms with E-state index in [0.29, 0.717) is 17.1 Å². The molecule has 2 aromatic rings. The van der Waals surface area contributed by atoms with Crippen molar-refractivity contribution < 1.29 is 18.7 Å². The molecule has 2 N–H and O–H groups in total. The Kier molecular flexibility index (Phi) is 4.94. The summed E-state index contributed by atoms with van der Waals surface area (Å²) in [7, 11) is 0. The standard InChI is InChI=1S/C18H21FN2O3/c19-14-6-4-13(5-7-14)17-21-15(11-24-17)10-16(22)20-12-18(23)8-2-1-3-9-18/h4-7,11,23H,1-3,8-10,12H2,(H,20,22). The molecule has 0 saturated heterocycles. The van der Waals surface area contributed by atoms with Gasteiger partial charge >= 0.3 is 0 Å². The fraction of sp³-hybridized carbons (Fsp3) is 0.444. The minimum Gasteiger partial charge on any atom is -0.444 e. The van der Waals surface area contributed by atoms with Crippen LogP contribution in [0.2, 0.25) is 0 Å². The summed E-state index contributed by atoms with van der Waals surface area (Å²) < 4.78 is 18.3. The van der Waals surface area contributed by atoms with Crippen LogP contribution in [-0.4, -0.2) is 28.1 Å². The lowest BCUT2D eigenvalue weighted by atomic mass is 9.85. The highest BCUT2D eigenvalue weighted by Crippen LogP contribution is 2.27. The van der Waals surface area contributed by atoms with E-state index in [9.17, 15) is 14.3 Å². The highest BCUT2D eigenvalue weighted by Gasteiger charge is 2.29. The Morgan fingerprint density at radius 1 is 1.25 bits per heavy atom. The van der Waals surface area contributed by atoms with Crippen LogP contribution in [0.15, 0.2) is 34.9 Å². The van der Waals surface area contributed by atoms with Crippen LogP contribution >= 0.6 is 0 Å². The second kappa shape index (κ2) is 7.13. The highest BCUT2D eigenvalue weighted by molar-refractivity contribution is 5.78. The SMILES string of the molecule is O=C(Cc1coc(-c2ccc(F)cc2)n1)NCC1(O)CCCCC1. The largest absolute Gasteiger partial charge is 0.444 e. The molecule has 1 heterocycles. The summed E-state index contributed by atoms with van der Waals surface area (Å²) in [6.07, 6.45) is 6.10. The van der Waals surface area contributed by atoms with Gasteiger partial charge in [-0.05, 0) is 37.1 Å². The zero-order valence-electron chi connectivity index (χ0n) is 13.4. The summed E-state index contributed by atoms with van der Waals surface area (Å²) in [6, 6.07) is 5.81. The number of nitrogens with one attached hydrogen (secondary N) is 1. The Hall–Kier alpha value is -2.21. The van der Waals surface area contributed by atoms with Gasteiger partial charge in [-0.15, -0.1) is 0 Å². The molecule has 6 heteroatoms. The van der Waals surface area contributed by atoms with Gasteiger partial charge in [0.05, 0.1) is 17.7 Å². The quantitative estimate of drug-likeness (QED) is 0.883. The number of rotatable bonds is 5. The molecule has 0 bridgehead atoms. The molecular weight excluding hydrogens is 311 g/mol. The molecule has 1 saturated carbocycles. The van der Waals surface area contributed by atoms with E-state index in [-0.39, 0.29) is 24.7 Å². The summed E-state index contributed by atoms with van der Waals surface area (Å²) in [6.45, 7) is 0.272. The molecule has 0 unspecified atom stereocenters. The zero-order chi connectivity index (χ0) is 17.0. The number of amides is 1. The summed E-state index contributed by atoms with van der Waals surface area (Å²) in [4.78, 5) is 16.3. The van der Waals surface area contributed by atoms with Crippen LogP contribution in [0.5, 0.6) is 0 Å². The monoisotopic (exact) mass is 332 g/mol. The lowest BCUT2D eigenvalue weighted by molar-refractivity contribution is -0.122. The van der Waals surface area contributed by atoms with Crippen molar-refractivity contribution in [2.24, 2.45) is 0 Å². The van der Waals surface area contributed by atoms with Crippen molar-refractivity contribution in [3.8, 4) is 11.5 Å². The minimum absolute atomic E-state index is 0.0841. The predicted octanol–water partition coefficient (Wildman–Crippen LogP) is 2.83. The molecule has 0 atom stereocenters. The first-order valence-corrected chi connectivity index (χ1v) is 8.24. The van der Waals surface area contributed by atoms with Gasteiger partial charge in [0.2, 0.25) is 11.8 Å². The number of benzene rings is 1. The first kappa shape index (κ1) is 16.6. The fourth-order valence-electron chi connectivity index (χ4n) is 2.99. The third kappa shape index (κ3) is 4.20. The normalized spacial score (nSPS) is 16.8. The number of nitrogens with zero attached hydrogens (tertiary/aromatic N) is 1. The molecule has 3 rings (SSSR count). The van der Waals surface area contributed by atoms with Crippen LogP contribution in [0, 0.1) is 5.82 Å². The molecule has 5 nitrogen and oxygen atoms in total. The van der Waals surface area contributed by atoms with Crippen LogP contribution in [0.1, 0.15) is 37.8 Å². The van der Waals surface area contributed by atoms with Crippen LogP contribution in [-0.2, 0) is 11.2 Å². The van der Waals surface area contributed by atoms with E-state index in [1.165, 1.54) is 18.4 Å². The van der Waals surface area contributed by atoms with Gasteiger partial charge in [0.25, 0.3) is 0 Å². The number of aliphatic hydroxyl groups is 1. The number of aromatic nitrogens is 1. The first-order chi connectivity index (χ1) is 11.5. The predicted molar refractivity (Wildman–Crippen MR) is 86.6 cm³/mol. The minimum atomic E-state index is -0.781. The van der Waals surface area contributed by atoms with Gasteiger partial charge in [0, 0.05) is 12.1 Å². The Balaban J connectivity index is 1.54. The lowest BCUT2D eigenvalue weighted by Gasteiger charge is -2.32. The van der Waals surface area contributed by atoms with Crippen molar-refractivity contribution in [3.05, 3.63) is 42.0 Å². The molecular formula is C18H21FN2O3. The van der Waals surface area contributed by atoms with E-state index in [0.717, 1.165) is 32.1 Å².